The molecular formula is C9H11ClN4O2. The summed E-state index contributed by atoms with van der Waals surface area (Å²) in [6, 6.07) is 1.71. The van der Waals surface area contributed by atoms with Gasteiger partial charge in [0.25, 0.3) is 0 Å². The number of anilines is 1. The first-order chi connectivity index (χ1) is 7.65. The maximum absolute atomic E-state index is 10.5. The second-order valence-electron chi connectivity index (χ2n) is 3.56. The maximum atomic E-state index is 10.5. The molecule has 0 bridgehead atoms. The van der Waals surface area contributed by atoms with Gasteiger partial charge in [-0.1, -0.05) is 0 Å². The van der Waals surface area contributed by atoms with Gasteiger partial charge in [-0.3, -0.25) is 0 Å². The van der Waals surface area contributed by atoms with Gasteiger partial charge in [-0.15, -0.1) is 0 Å². The number of nitrogens with one attached hydrogen (secondary N) is 1. The standard InChI is InChI=1S/C9H11ClN4O2/c10-8-11-3-1-7(13-8)14-4-2-6(5-14)12-9(15)16/h1,3,6,12H,2,4-5H2,(H,15,16)/t6-/m1/s1. The molecule has 7 heteroatoms. The van der Waals surface area contributed by atoms with Crippen molar-refractivity contribution >= 4 is 23.5 Å². The first-order valence-corrected chi connectivity index (χ1v) is 5.26. The lowest BCUT2D eigenvalue weighted by Crippen LogP contribution is -2.36. The van der Waals surface area contributed by atoms with E-state index in [1.165, 1.54) is 0 Å². The fourth-order valence-electron chi connectivity index (χ4n) is 1.76. The first-order valence-electron chi connectivity index (χ1n) is 4.88. The molecule has 6 nitrogen and oxygen atoms in total. The first kappa shape index (κ1) is 10.9. The van der Waals surface area contributed by atoms with Gasteiger partial charge in [-0.2, -0.15) is 0 Å². The van der Waals surface area contributed by atoms with Crippen molar-refractivity contribution in [3.63, 3.8) is 0 Å². The number of hydrogen-bond donors (Lipinski definition) is 2. The van der Waals surface area contributed by atoms with Crippen LogP contribution in [-0.2, 0) is 0 Å². The Labute approximate surface area is 97.3 Å². The third kappa shape index (κ3) is 2.52. The van der Waals surface area contributed by atoms with E-state index in [4.69, 9.17) is 16.7 Å². The van der Waals surface area contributed by atoms with E-state index in [0.29, 0.717) is 6.54 Å². The monoisotopic (exact) mass is 242 g/mol. The Bertz CT molecular complexity index is 401. The summed E-state index contributed by atoms with van der Waals surface area (Å²) in [4.78, 5) is 20.3. The highest BCUT2D eigenvalue weighted by Gasteiger charge is 2.24. The van der Waals surface area contributed by atoms with Crippen LogP contribution in [0.1, 0.15) is 6.42 Å². The van der Waals surface area contributed by atoms with Gasteiger partial charge in [-0.25, -0.2) is 14.8 Å². The van der Waals surface area contributed by atoms with Crippen molar-refractivity contribution in [1.82, 2.24) is 15.3 Å². The number of rotatable bonds is 2. The quantitative estimate of drug-likeness (QED) is 0.756. The third-order valence-electron chi connectivity index (χ3n) is 2.45. The predicted octanol–water partition coefficient (Wildman–Crippen LogP) is 0.976. The molecule has 86 valence electrons. The molecular weight excluding hydrogens is 232 g/mol. The third-order valence-corrected chi connectivity index (χ3v) is 2.63. The summed E-state index contributed by atoms with van der Waals surface area (Å²) in [6.45, 7) is 1.37. The van der Waals surface area contributed by atoms with E-state index in [0.717, 1.165) is 18.8 Å². The van der Waals surface area contributed by atoms with Crippen LogP contribution in [0.4, 0.5) is 10.6 Å². The minimum absolute atomic E-state index is 0.0498. The Hall–Kier alpha value is -1.56. The highest BCUT2D eigenvalue weighted by atomic mass is 35.5. The number of aromatic nitrogens is 2. The fourth-order valence-corrected chi connectivity index (χ4v) is 1.91. The average molecular weight is 243 g/mol. The molecule has 0 spiro atoms. The van der Waals surface area contributed by atoms with Gasteiger partial charge in [0.15, 0.2) is 0 Å². The molecule has 1 aromatic rings. The summed E-state index contributed by atoms with van der Waals surface area (Å²) >= 11 is 5.69. The molecule has 0 aromatic carbocycles. The number of hydrogen-bond acceptors (Lipinski definition) is 4. The van der Waals surface area contributed by atoms with E-state index < -0.39 is 6.09 Å². The normalized spacial score (nSPS) is 19.8. The number of carboxylic acid groups (broad SMARTS) is 1. The van der Waals surface area contributed by atoms with Crippen LogP contribution in [0.15, 0.2) is 12.3 Å². The highest BCUT2D eigenvalue weighted by Crippen LogP contribution is 2.18. The molecule has 1 aliphatic heterocycles. The summed E-state index contributed by atoms with van der Waals surface area (Å²) < 4.78 is 0. The highest BCUT2D eigenvalue weighted by molar-refractivity contribution is 6.28. The van der Waals surface area contributed by atoms with Gasteiger partial charge in [0.05, 0.1) is 6.04 Å². The van der Waals surface area contributed by atoms with Gasteiger partial charge in [0.2, 0.25) is 5.28 Å². The zero-order valence-corrected chi connectivity index (χ0v) is 9.18. The van der Waals surface area contributed by atoms with Crippen molar-refractivity contribution in [2.75, 3.05) is 18.0 Å². The van der Waals surface area contributed by atoms with Gasteiger partial charge in [0.1, 0.15) is 5.82 Å². The number of amides is 1. The Morgan fingerprint density at radius 2 is 2.50 bits per heavy atom. The van der Waals surface area contributed by atoms with E-state index in [9.17, 15) is 4.79 Å². The predicted molar refractivity (Wildman–Crippen MR) is 58.8 cm³/mol. The number of nitrogens with zero attached hydrogens (tertiary/aromatic N) is 3. The Morgan fingerprint density at radius 1 is 1.69 bits per heavy atom. The van der Waals surface area contributed by atoms with Crippen LogP contribution < -0.4 is 10.2 Å². The summed E-state index contributed by atoms with van der Waals surface area (Å²) in [5.74, 6) is 0.731. The lowest BCUT2D eigenvalue weighted by atomic mass is 10.3. The van der Waals surface area contributed by atoms with Crippen LogP contribution in [0, 0.1) is 0 Å². The number of halogens is 1. The van der Waals surface area contributed by atoms with Crippen LogP contribution in [0.25, 0.3) is 0 Å². The van der Waals surface area contributed by atoms with E-state index in [2.05, 4.69) is 15.3 Å². The molecule has 0 radical (unpaired) electrons. The molecule has 0 unspecified atom stereocenters. The molecule has 0 aliphatic carbocycles. The van der Waals surface area contributed by atoms with E-state index >= 15 is 0 Å². The van der Waals surface area contributed by atoms with E-state index in [-0.39, 0.29) is 11.3 Å². The molecule has 2 rings (SSSR count). The molecule has 1 amide bonds. The Kier molecular flexibility index (Phi) is 3.09. The summed E-state index contributed by atoms with van der Waals surface area (Å²) in [5.41, 5.74) is 0. The lowest BCUT2D eigenvalue weighted by molar-refractivity contribution is 0.191. The molecule has 2 heterocycles. The zero-order valence-electron chi connectivity index (χ0n) is 8.43. The molecule has 16 heavy (non-hydrogen) atoms. The van der Waals surface area contributed by atoms with Crippen LogP contribution in [0.2, 0.25) is 5.28 Å². The Morgan fingerprint density at radius 3 is 3.19 bits per heavy atom. The molecule has 1 fully saturated rings. The fraction of sp³-hybridized carbons (Fsp3) is 0.444. The molecule has 1 aromatic heterocycles. The van der Waals surface area contributed by atoms with Crippen molar-refractivity contribution in [3.05, 3.63) is 17.5 Å². The molecule has 2 N–H and O–H groups in total. The van der Waals surface area contributed by atoms with Gasteiger partial charge in [0, 0.05) is 19.3 Å². The van der Waals surface area contributed by atoms with Crippen LogP contribution in [-0.4, -0.2) is 40.3 Å². The van der Waals surface area contributed by atoms with Gasteiger partial charge < -0.3 is 15.3 Å². The van der Waals surface area contributed by atoms with Crippen molar-refractivity contribution in [3.8, 4) is 0 Å². The van der Waals surface area contributed by atoms with Crippen molar-refractivity contribution in [2.24, 2.45) is 0 Å². The average Bonchev–Trinajstić information content (AvgIpc) is 2.65. The zero-order chi connectivity index (χ0) is 11.5. The largest absolute Gasteiger partial charge is 0.465 e. The molecule has 1 atom stereocenters. The molecule has 1 aliphatic rings. The SMILES string of the molecule is O=C(O)N[C@@H]1CCN(c2ccnc(Cl)n2)C1. The van der Waals surface area contributed by atoms with E-state index in [1.54, 1.807) is 12.3 Å². The summed E-state index contributed by atoms with van der Waals surface area (Å²) in [7, 11) is 0. The van der Waals surface area contributed by atoms with Gasteiger partial charge in [-0.05, 0) is 24.1 Å². The maximum Gasteiger partial charge on any atom is 0.404 e. The van der Waals surface area contributed by atoms with Crippen LogP contribution in [0.5, 0.6) is 0 Å². The van der Waals surface area contributed by atoms with Crippen molar-refractivity contribution in [2.45, 2.75) is 12.5 Å². The minimum Gasteiger partial charge on any atom is -0.465 e. The topological polar surface area (TPSA) is 78.4 Å². The number of carbonyl (C=O) groups is 1. The Balaban J connectivity index is 2.00. The van der Waals surface area contributed by atoms with Gasteiger partial charge >= 0.3 is 6.09 Å². The van der Waals surface area contributed by atoms with Crippen LogP contribution in [0.3, 0.4) is 0 Å². The lowest BCUT2D eigenvalue weighted by Gasteiger charge is -2.16. The summed E-state index contributed by atoms with van der Waals surface area (Å²) in [6.07, 6.45) is 1.36. The van der Waals surface area contributed by atoms with E-state index in [1.807, 2.05) is 4.90 Å². The van der Waals surface area contributed by atoms with Crippen molar-refractivity contribution in [1.29, 1.82) is 0 Å². The van der Waals surface area contributed by atoms with Crippen LogP contribution >= 0.6 is 11.6 Å². The molecule has 1 saturated heterocycles. The second kappa shape index (κ2) is 4.52. The minimum atomic E-state index is -0.993. The van der Waals surface area contributed by atoms with Crippen molar-refractivity contribution < 1.29 is 9.90 Å². The second-order valence-corrected chi connectivity index (χ2v) is 3.90. The smallest absolute Gasteiger partial charge is 0.404 e. The summed E-state index contributed by atoms with van der Waals surface area (Å²) in [5, 5.41) is 11.3. The molecule has 0 saturated carbocycles.